The summed E-state index contributed by atoms with van der Waals surface area (Å²) in [6.45, 7) is 13.1. The summed E-state index contributed by atoms with van der Waals surface area (Å²) in [5, 5.41) is 10.7. The van der Waals surface area contributed by atoms with Crippen LogP contribution in [-0.2, 0) is 11.2 Å². The second kappa shape index (κ2) is 9.52. The highest BCUT2D eigenvalue weighted by molar-refractivity contribution is 5.79. The van der Waals surface area contributed by atoms with Gasteiger partial charge in [0.15, 0.2) is 5.96 Å². The van der Waals surface area contributed by atoms with Gasteiger partial charge in [-0.3, -0.25) is 9.89 Å². The zero-order valence-electron chi connectivity index (χ0n) is 14.5. The minimum absolute atomic E-state index is 0.792. The highest BCUT2D eigenvalue weighted by Crippen LogP contribution is 2.11. The van der Waals surface area contributed by atoms with E-state index in [0.717, 1.165) is 76.3 Å². The lowest BCUT2D eigenvalue weighted by Gasteiger charge is -2.25. The number of nitrogens with zero attached hydrogens (tertiary/aromatic N) is 3. The maximum absolute atomic E-state index is 5.36. The van der Waals surface area contributed by atoms with E-state index in [1.165, 1.54) is 5.56 Å². The topological polar surface area (TPSA) is 74.9 Å². The minimum Gasteiger partial charge on any atom is -0.379 e. The van der Waals surface area contributed by atoms with Gasteiger partial charge in [0.05, 0.1) is 25.5 Å². The number of morpholine rings is 1. The summed E-state index contributed by atoms with van der Waals surface area (Å²) in [4.78, 5) is 7.03. The Bertz CT molecular complexity index is 475. The Morgan fingerprint density at radius 1 is 1.26 bits per heavy atom. The molecule has 23 heavy (non-hydrogen) atoms. The lowest BCUT2D eigenvalue weighted by Crippen LogP contribution is -2.40. The Balaban J connectivity index is 1.74. The molecule has 1 aromatic heterocycles. The molecule has 1 aliphatic rings. The molecule has 2 N–H and O–H groups in total. The summed E-state index contributed by atoms with van der Waals surface area (Å²) < 4.78 is 10.6. The summed E-state index contributed by atoms with van der Waals surface area (Å²) in [6.07, 6.45) is 0.884. The summed E-state index contributed by atoms with van der Waals surface area (Å²) in [5.41, 5.74) is 2.15. The van der Waals surface area contributed by atoms with Crippen LogP contribution in [0.2, 0.25) is 0 Å². The molecule has 0 radical (unpaired) electrons. The van der Waals surface area contributed by atoms with Crippen molar-refractivity contribution in [2.45, 2.75) is 27.2 Å². The van der Waals surface area contributed by atoms with E-state index in [-0.39, 0.29) is 0 Å². The van der Waals surface area contributed by atoms with Crippen molar-refractivity contribution in [1.82, 2.24) is 20.7 Å². The van der Waals surface area contributed by atoms with Crippen molar-refractivity contribution < 1.29 is 9.26 Å². The Hall–Kier alpha value is -1.60. The van der Waals surface area contributed by atoms with Crippen LogP contribution in [0.1, 0.15) is 23.9 Å². The molecule has 7 heteroatoms. The average Bonchev–Trinajstić information content (AvgIpc) is 2.88. The molecule has 1 fully saturated rings. The van der Waals surface area contributed by atoms with E-state index in [1.54, 1.807) is 0 Å². The molecular weight excluding hydrogens is 294 g/mol. The van der Waals surface area contributed by atoms with Crippen molar-refractivity contribution >= 4 is 5.96 Å². The van der Waals surface area contributed by atoms with Crippen LogP contribution in [0, 0.1) is 13.8 Å². The molecule has 7 nitrogen and oxygen atoms in total. The number of rotatable bonds is 7. The molecule has 2 heterocycles. The first-order valence-corrected chi connectivity index (χ1v) is 8.44. The predicted octanol–water partition coefficient (Wildman–Crippen LogP) is 0.721. The first-order valence-electron chi connectivity index (χ1n) is 8.44. The number of aryl methyl sites for hydroxylation is 2. The molecule has 2 rings (SSSR count). The molecule has 0 bridgehead atoms. The Kier molecular flexibility index (Phi) is 7.35. The molecule has 0 aliphatic carbocycles. The van der Waals surface area contributed by atoms with Gasteiger partial charge >= 0.3 is 0 Å². The van der Waals surface area contributed by atoms with Crippen LogP contribution in [-0.4, -0.2) is 68.5 Å². The van der Waals surface area contributed by atoms with Gasteiger partial charge in [-0.2, -0.15) is 0 Å². The van der Waals surface area contributed by atoms with Crippen LogP contribution in [0.15, 0.2) is 9.52 Å². The minimum atomic E-state index is 0.792. The highest BCUT2D eigenvalue weighted by atomic mass is 16.5. The van der Waals surface area contributed by atoms with Crippen molar-refractivity contribution in [3.63, 3.8) is 0 Å². The number of nitrogens with one attached hydrogen (secondary N) is 2. The van der Waals surface area contributed by atoms with Gasteiger partial charge in [0.1, 0.15) is 5.76 Å². The van der Waals surface area contributed by atoms with E-state index >= 15 is 0 Å². The van der Waals surface area contributed by atoms with Gasteiger partial charge in [-0.25, -0.2) is 0 Å². The number of aromatic nitrogens is 1. The van der Waals surface area contributed by atoms with Gasteiger partial charge in [0, 0.05) is 38.3 Å². The lowest BCUT2D eigenvalue weighted by molar-refractivity contribution is 0.0394. The molecule has 0 saturated carbocycles. The molecule has 0 atom stereocenters. The van der Waals surface area contributed by atoms with Crippen LogP contribution in [0.25, 0.3) is 0 Å². The van der Waals surface area contributed by atoms with E-state index in [0.29, 0.717) is 0 Å². The third-order valence-electron chi connectivity index (χ3n) is 3.98. The quantitative estimate of drug-likeness (QED) is 0.569. The first kappa shape index (κ1) is 17.7. The van der Waals surface area contributed by atoms with Gasteiger partial charge in [0.25, 0.3) is 0 Å². The van der Waals surface area contributed by atoms with E-state index in [1.807, 2.05) is 13.8 Å². The fourth-order valence-electron chi connectivity index (χ4n) is 2.63. The van der Waals surface area contributed by atoms with E-state index in [2.05, 4.69) is 32.6 Å². The van der Waals surface area contributed by atoms with Crippen LogP contribution in [0.5, 0.6) is 0 Å². The Morgan fingerprint density at radius 2 is 2.04 bits per heavy atom. The summed E-state index contributed by atoms with van der Waals surface area (Å²) in [5.74, 6) is 1.77. The standard InChI is InChI=1S/C16H29N5O2/c1-4-17-16(19-7-8-21-9-11-22-12-10-21)18-6-5-15-13(2)20-23-14(15)3/h4-12H2,1-3H3,(H2,17,18,19). The molecule has 1 saturated heterocycles. The molecule has 1 aromatic rings. The molecule has 0 amide bonds. The van der Waals surface area contributed by atoms with Gasteiger partial charge < -0.3 is 19.9 Å². The number of aliphatic imine (C=N–C) groups is 1. The fraction of sp³-hybridized carbons (Fsp3) is 0.750. The maximum Gasteiger partial charge on any atom is 0.191 e. The molecular formula is C16H29N5O2. The van der Waals surface area contributed by atoms with Crippen LogP contribution < -0.4 is 10.6 Å². The Labute approximate surface area is 138 Å². The number of ether oxygens (including phenoxy) is 1. The van der Waals surface area contributed by atoms with Gasteiger partial charge in [-0.15, -0.1) is 0 Å². The van der Waals surface area contributed by atoms with E-state index in [9.17, 15) is 0 Å². The van der Waals surface area contributed by atoms with Crippen LogP contribution in [0.4, 0.5) is 0 Å². The molecule has 130 valence electrons. The van der Waals surface area contributed by atoms with Crippen molar-refractivity contribution in [2.75, 3.05) is 52.5 Å². The SMILES string of the molecule is CCNC(=NCCN1CCOCC1)NCCc1c(C)noc1C. The molecule has 0 aromatic carbocycles. The highest BCUT2D eigenvalue weighted by Gasteiger charge is 2.10. The van der Waals surface area contributed by atoms with Crippen LogP contribution >= 0.6 is 0 Å². The molecule has 0 unspecified atom stereocenters. The fourth-order valence-corrected chi connectivity index (χ4v) is 2.63. The van der Waals surface area contributed by atoms with Crippen molar-refractivity contribution in [3.8, 4) is 0 Å². The maximum atomic E-state index is 5.36. The zero-order valence-corrected chi connectivity index (χ0v) is 14.5. The number of guanidine groups is 1. The second-order valence-corrected chi connectivity index (χ2v) is 5.69. The van der Waals surface area contributed by atoms with Crippen molar-refractivity contribution in [2.24, 2.45) is 4.99 Å². The second-order valence-electron chi connectivity index (χ2n) is 5.69. The van der Waals surface area contributed by atoms with Crippen LogP contribution in [0.3, 0.4) is 0 Å². The predicted molar refractivity (Wildman–Crippen MR) is 90.9 cm³/mol. The van der Waals surface area contributed by atoms with Gasteiger partial charge in [-0.1, -0.05) is 5.16 Å². The summed E-state index contributed by atoms with van der Waals surface area (Å²) in [6, 6.07) is 0. The summed E-state index contributed by atoms with van der Waals surface area (Å²) in [7, 11) is 0. The molecule has 1 aliphatic heterocycles. The molecule has 0 spiro atoms. The van der Waals surface area contributed by atoms with E-state index < -0.39 is 0 Å². The third kappa shape index (κ3) is 5.84. The first-order chi connectivity index (χ1) is 11.2. The smallest absolute Gasteiger partial charge is 0.191 e. The monoisotopic (exact) mass is 323 g/mol. The Morgan fingerprint density at radius 3 is 2.70 bits per heavy atom. The van der Waals surface area contributed by atoms with Gasteiger partial charge in [0.2, 0.25) is 0 Å². The van der Waals surface area contributed by atoms with E-state index in [4.69, 9.17) is 9.26 Å². The van der Waals surface area contributed by atoms with Crippen molar-refractivity contribution in [3.05, 3.63) is 17.0 Å². The zero-order chi connectivity index (χ0) is 16.5. The van der Waals surface area contributed by atoms with Crippen molar-refractivity contribution in [1.29, 1.82) is 0 Å². The summed E-state index contributed by atoms with van der Waals surface area (Å²) >= 11 is 0. The largest absolute Gasteiger partial charge is 0.379 e. The average molecular weight is 323 g/mol. The normalized spacial score (nSPS) is 16.6. The van der Waals surface area contributed by atoms with Gasteiger partial charge in [-0.05, 0) is 27.2 Å². The third-order valence-corrected chi connectivity index (χ3v) is 3.98. The number of hydrogen-bond donors (Lipinski definition) is 2. The number of hydrogen-bond acceptors (Lipinski definition) is 5. The lowest BCUT2D eigenvalue weighted by atomic mass is 10.1.